The predicted molar refractivity (Wildman–Crippen MR) is 82.2 cm³/mol. The van der Waals surface area contributed by atoms with Crippen molar-refractivity contribution in [1.29, 1.82) is 0 Å². The van der Waals surface area contributed by atoms with Crippen molar-refractivity contribution in [2.24, 2.45) is 5.18 Å². The third kappa shape index (κ3) is 3.90. The Morgan fingerprint density at radius 2 is 1.78 bits per heavy atom. The van der Waals surface area contributed by atoms with E-state index in [1.807, 2.05) is 0 Å². The Hall–Kier alpha value is -2.34. The maximum atomic E-state index is 14.3. The standard InChI is InChI=1S/C16H12ClF2NO3/c17-10-3-1-9(2-4-10)11-5-6-12(16(19)15(11)18)13(20-23)7-8-14(21)22/h1-6,13H,7-8H2,(H,21,22). The van der Waals surface area contributed by atoms with E-state index in [0.717, 1.165) is 0 Å². The molecule has 1 atom stereocenters. The summed E-state index contributed by atoms with van der Waals surface area (Å²) in [5.41, 5.74) is 0.195. The van der Waals surface area contributed by atoms with Crippen molar-refractivity contribution < 1.29 is 18.7 Å². The Kier molecular flexibility index (Phi) is 5.39. The molecule has 0 spiro atoms. The molecule has 2 aromatic carbocycles. The molecule has 0 aromatic heterocycles. The maximum absolute atomic E-state index is 14.3. The molecule has 0 amide bonds. The highest BCUT2D eigenvalue weighted by Crippen LogP contribution is 2.32. The van der Waals surface area contributed by atoms with E-state index in [4.69, 9.17) is 16.7 Å². The Balaban J connectivity index is 2.38. The van der Waals surface area contributed by atoms with Crippen molar-refractivity contribution in [1.82, 2.24) is 0 Å². The van der Waals surface area contributed by atoms with Gasteiger partial charge in [-0.1, -0.05) is 41.0 Å². The lowest BCUT2D eigenvalue weighted by Gasteiger charge is -2.12. The molecular formula is C16H12ClF2NO3. The lowest BCUT2D eigenvalue weighted by atomic mass is 9.97. The largest absolute Gasteiger partial charge is 0.481 e. The van der Waals surface area contributed by atoms with Crippen LogP contribution in [-0.2, 0) is 4.79 Å². The third-order valence-corrected chi connectivity index (χ3v) is 3.64. The van der Waals surface area contributed by atoms with Crippen molar-refractivity contribution in [2.75, 3.05) is 0 Å². The molecular weight excluding hydrogens is 328 g/mol. The van der Waals surface area contributed by atoms with E-state index in [1.165, 1.54) is 12.1 Å². The van der Waals surface area contributed by atoms with Gasteiger partial charge in [-0.15, -0.1) is 0 Å². The van der Waals surface area contributed by atoms with E-state index in [9.17, 15) is 18.5 Å². The van der Waals surface area contributed by atoms with E-state index < -0.39 is 23.6 Å². The lowest BCUT2D eigenvalue weighted by molar-refractivity contribution is -0.137. The molecule has 23 heavy (non-hydrogen) atoms. The van der Waals surface area contributed by atoms with Crippen LogP contribution in [0.15, 0.2) is 41.6 Å². The zero-order chi connectivity index (χ0) is 17.0. The van der Waals surface area contributed by atoms with Crippen LogP contribution in [0.3, 0.4) is 0 Å². The van der Waals surface area contributed by atoms with Gasteiger partial charge in [0.2, 0.25) is 0 Å². The van der Waals surface area contributed by atoms with E-state index in [1.54, 1.807) is 24.3 Å². The number of rotatable bonds is 6. The Labute approximate surface area is 135 Å². The van der Waals surface area contributed by atoms with Crippen LogP contribution in [0.4, 0.5) is 8.78 Å². The van der Waals surface area contributed by atoms with Gasteiger partial charge < -0.3 is 5.11 Å². The van der Waals surface area contributed by atoms with Gasteiger partial charge in [0.25, 0.3) is 0 Å². The molecule has 0 fully saturated rings. The summed E-state index contributed by atoms with van der Waals surface area (Å²) >= 11 is 5.75. The predicted octanol–water partition coefficient (Wildman–Crippen LogP) is 4.96. The number of aliphatic carboxylic acids is 1. The number of carboxylic acids is 1. The topological polar surface area (TPSA) is 66.7 Å². The molecule has 120 valence electrons. The van der Waals surface area contributed by atoms with Crippen LogP contribution in [0.25, 0.3) is 11.1 Å². The first-order valence-electron chi connectivity index (χ1n) is 6.72. The number of nitrogens with zero attached hydrogens (tertiary/aromatic N) is 1. The molecule has 2 rings (SSSR count). The fourth-order valence-electron chi connectivity index (χ4n) is 2.20. The second kappa shape index (κ2) is 7.28. The van der Waals surface area contributed by atoms with Crippen LogP contribution in [0, 0.1) is 16.5 Å². The maximum Gasteiger partial charge on any atom is 0.303 e. The quantitative estimate of drug-likeness (QED) is 0.756. The number of hydrogen-bond donors (Lipinski definition) is 1. The second-order valence-electron chi connectivity index (χ2n) is 4.89. The molecule has 0 saturated carbocycles. The number of nitroso groups, excluding NO2 is 1. The Bertz CT molecular complexity index is 735. The van der Waals surface area contributed by atoms with Gasteiger partial charge in [0.05, 0.1) is 0 Å². The molecule has 0 saturated heterocycles. The molecule has 0 aliphatic rings. The van der Waals surface area contributed by atoms with Gasteiger partial charge in [-0.3, -0.25) is 4.79 Å². The van der Waals surface area contributed by atoms with Crippen LogP contribution in [0.1, 0.15) is 24.4 Å². The molecule has 4 nitrogen and oxygen atoms in total. The molecule has 2 aromatic rings. The summed E-state index contributed by atoms with van der Waals surface area (Å²) in [6, 6.07) is 7.50. The molecule has 7 heteroatoms. The van der Waals surface area contributed by atoms with Gasteiger partial charge in [0.15, 0.2) is 11.6 Å². The van der Waals surface area contributed by atoms with E-state index in [-0.39, 0.29) is 24.0 Å². The van der Waals surface area contributed by atoms with Crippen LogP contribution in [-0.4, -0.2) is 11.1 Å². The van der Waals surface area contributed by atoms with Crippen molar-refractivity contribution in [2.45, 2.75) is 18.9 Å². The molecule has 0 radical (unpaired) electrons. The zero-order valence-electron chi connectivity index (χ0n) is 11.8. The summed E-state index contributed by atoms with van der Waals surface area (Å²) in [5.74, 6) is -3.46. The average Bonchev–Trinajstić information content (AvgIpc) is 2.52. The van der Waals surface area contributed by atoms with Crippen molar-refractivity contribution in [3.05, 3.63) is 63.5 Å². The summed E-state index contributed by atoms with van der Waals surface area (Å²) in [6.45, 7) is 0. The van der Waals surface area contributed by atoms with Gasteiger partial charge >= 0.3 is 5.97 Å². The Morgan fingerprint density at radius 3 is 2.35 bits per heavy atom. The number of carboxylic acid groups (broad SMARTS) is 1. The highest BCUT2D eigenvalue weighted by molar-refractivity contribution is 6.30. The smallest absolute Gasteiger partial charge is 0.303 e. The highest BCUT2D eigenvalue weighted by Gasteiger charge is 2.22. The van der Waals surface area contributed by atoms with Crippen LogP contribution < -0.4 is 0 Å². The first kappa shape index (κ1) is 17.0. The SMILES string of the molecule is O=NC(CCC(=O)O)c1ccc(-c2ccc(Cl)cc2)c(F)c1F. The summed E-state index contributed by atoms with van der Waals surface area (Å²) in [6.07, 6.45) is -0.564. The normalized spacial score (nSPS) is 12.0. The molecule has 1 unspecified atom stereocenters. The molecule has 0 bridgehead atoms. The minimum Gasteiger partial charge on any atom is -0.481 e. The van der Waals surface area contributed by atoms with Gasteiger partial charge in [-0.05, 0) is 24.1 Å². The number of carbonyl (C=O) groups is 1. The summed E-state index contributed by atoms with van der Waals surface area (Å²) < 4.78 is 28.5. The third-order valence-electron chi connectivity index (χ3n) is 3.39. The number of halogens is 3. The van der Waals surface area contributed by atoms with Gasteiger partial charge in [0.1, 0.15) is 6.04 Å². The van der Waals surface area contributed by atoms with Crippen LogP contribution in [0.2, 0.25) is 5.02 Å². The van der Waals surface area contributed by atoms with Gasteiger partial charge in [0, 0.05) is 22.6 Å². The first-order valence-corrected chi connectivity index (χ1v) is 7.10. The average molecular weight is 340 g/mol. The molecule has 1 N–H and O–H groups in total. The zero-order valence-corrected chi connectivity index (χ0v) is 12.6. The second-order valence-corrected chi connectivity index (χ2v) is 5.33. The lowest BCUT2D eigenvalue weighted by Crippen LogP contribution is -2.05. The summed E-state index contributed by atoms with van der Waals surface area (Å²) in [7, 11) is 0. The molecule has 0 aliphatic carbocycles. The number of hydrogen-bond acceptors (Lipinski definition) is 3. The van der Waals surface area contributed by atoms with E-state index in [2.05, 4.69) is 5.18 Å². The van der Waals surface area contributed by atoms with Gasteiger partial charge in [-0.2, -0.15) is 4.91 Å². The van der Waals surface area contributed by atoms with Crippen molar-refractivity contribution in [3.63, 3.8) is 0 Å². The van der Waals surface area contributed by atoms with Crippen LogP contribution in [0.5, 0.6) is 0 Å². The fourth-order valence-corrected chi connectivity index (χ4v) is 2.33. The first-order chi connectivity index (χ1) is 10.9. The summed E-state index contributed by atoms with van der Waals surface area (Å²) in [5, 5.41) is 11.8. The monoisotopic (exact) mass is 339 g/mol. The molecule has 0 aliphatic heterocycles. The molecule has 0 heterocycles. The minimum atomic E-state index is -1.25. The highest BCUT2D eigenvalue weighted by atomic mass is 35.5. The number of benzene rings is 2. The van der Waals surface area contributed by atoms with E-state index in [0.29, 0.717) is 10.6 Å². The van der Waals surface area contributed by atoms with Crippen molar-refractivity contribution in [3.8, 4) is 11.1 Å². The fraction of sp³-hybridized carbons (Fsp3) is 0.188. The minimum absolute atomic E-state index is 0.0193. The Morgan fingerprint density at radius 1 is 1.13 bits per heavy atom. The summed E-state index contributed by atoms with van der Waals surface area (Å²) in [4.78, 5) is 21.4. The van der Waals surface area contributed by atoms with Crippen LogP contribution >= 0.6 is 11.6 Å². The van der Waals surface area contributed by atoms with Gasteiger partial charge in [-0.25, -0.2) is 8.78 Å². The van der Waals surface area contributed by atoms with Crippen molar-refractivity contribution >= 4 is 17.6 Å². The van der Waals surface area contributed by atoms with E-state index >= 15 is 0 Å².